The van der Waals surface area contributed by atoms with Crippen LogP contribution < -0.4 is 5.32 Å². The highest BCUT2D eigenvalue weighted by atomic mass is 28.3. The van der Waals surface area contributed by atoms with E-state index in [1.54, 1.807) is 14.2 Å². The third-order valence-electron chi connectivity index (χ3n) is 2.98. The van der Waals surface area contributed by atoms with Crippen LogP contribution in [0.15, 0.2) is 0 Å². The van der Waals surface area contributed by atoms with Gasteiger partial charge < -0.3 is 14.2 Å². The first-order chi connectivity index (χ1) is 7.33. The van der Waals surface area contributed by atoms with Crippen LogP contribution in [0.5, 0.6) is 0 Å². The van der Waals surface area contributed by atoms with Crippen LogP contribution in [0.1, 0.15) is 19.8 Å². The lowest BCUT2D eigenvalue weighted by Crippen LogP contribution is -2.55. The van der Waals surface area contributed by atoms with Gasteiger partial charge in [0, 0.05) is 40.4 Å². The molecule has 4 nitrogen and oxygen atoms in total. The average molecular weight is 232 g/mol. The second-order valence-corrected chi connectivity index (χ2v) is 6.43. The summed E-state index contributed by atoms with van der Waals surface area (Å²) in [5, 5.41) is 3.38. The molecule has 5 heteroatoms. The molecule has 1 rings (SSSR count). The van der Waals surface area contributed by atoms with E-state index in [2.05, 4.69) is 17.1 Å². The van der Waals surface area contributed by atoms with Gasteiger partial charge in [0.1, 0.15) is 0 Å². The molecule has 1 aliphatic heterocycles. The molecule has 1 aliphatic rings. The predicted octanol–water partition coefficient (Wildman–Crippen LogP) is 0.113. The molecular weight excluding hydrogens is 208 g/mol. The zero-order valence-corrected chi connectivity index (χ0v) is 11.3. The van der Waals surface area contributed by atoms with Crippen molar-refractivity contribution in [2.75, 3.05) is 40.4 Å². The van der Waals surface area contributed by atoms with Gasteiger partial charge in [0.05, 0.1) is 5.67 Å². The summed E-state index contributed by atoms with van der Waals surface area (Å²) in [6.07, 6.45) is 2.39. The summed E-state index contributed by atoms with van der Waals surface area (Å²) >= 11 is 0. The van der Waals surface area contributed by atoms with Crippen molar-refractivity contribution in [2.45, 2.75) is 25.4 Å². The quantitative estimate of drug-likeness (QED) is 0.659. The lowest BCUT2D eigenvalue weighted by Gasteiger charge is -2.37. The van der Waals surface area contributed by atoms with Crippen molar-refractivity contribution in [1.29, 1.82) is 0 Å². The maximum atomic E-state index is 5.52. The number of nitrogens with zero attached hydrogens (tertiary/aromatic N) is 1. The van der Waals surface area contributed by atoms with E-state index in [0.29, 0.717) is 5.67 Å². The normalized spacial score (nSPS) is 20.8. The van der Waals surface area contributed by atoms with Crippen LogP contribution in [-0.4, -0.2) is 60.2 Å². The maximum absolute atomic E-state index is 5.52. The summed E-state index contributed by atoms with van der Waals surface area (Å²) in [6, 6.07) is 0. The van der Waals surface area contributed by atoms with Gasteiger partial charge in [0.15, 0.2) is 0 Å². The summed E-state index contributed by atoms with van der Waals surface area (Å²) in [5.41, 5.74) is 0.534. The van der Waals surface area contributed by atoms with E-state index in [1.165, 1.54) is 12.8 Å². The van der Waals surface area contributed by atoms with Crippen LogP contribution in [0, 0.1) is 0 Å². The Bertz CT molecular complexity index is 162. The number of piperazine rings is 1. The van der Waals surface area contributed by atoms with Crippen LogP contribution in [0.4, 0.5) is 0 Å². The zero-order chi connectivity index (χ0) is 11.1. The molecule has 1 N–H and O–H groups in total. The Balaban J connectivity index is 2.53. The summed E-state index contributed by atoms with van der Waals surface area (Å²) < 4.78 is 11.0. The summed E-state index contributed by atoms with van der Waals surface area (Å²) in [7, 11) is 2.07. The second-order valence-electron chi connectivity index (χ2n) is 3.98. The van der Waals surface area contributed by atoms with Gasteiger partial charge in [-0.3, -0.25) is 4.90 Å². The van der Waals surface area contributed by atoms with Gasteiger partial charge in [-0.2, -0.15) is 0 Å². The number of hydrogen-bond acceptors (Lipinski definition) is 4. The lowest BCUT2D eigenvalue weighted by atomic mass is 10.3. The Kier molecular flexibility index (Phi) is 6.43. The minimum Gasteiger partial charge on any atom is -0.399 e. The lowest BCUT2D eigenvalue weighted by molar-refractivity contribution is 0.159. The molecule has 90 valence electrons. The topological polar surface area (TPSA) is 33.7 Å². The smallest absolute Gasteiger partial charge is 0.338 e. The molecule has 1 saturated heterocycles. The van der Waals surface area contributed by atoms with Gasteiger partial charge in [0.25, 0.3) is 0 Å². The molecule has 0 aromatic heterocycles. The van der Waals surface area contributed by atoms with E-state index in [1.807, 2.05) is 0 Å². The van der Waals surface area contributed by atoms with Crippen molar-refractivity contribution in [3.05, 3.63) is 0 Å². The van der Waals surface area contributed by atoms with E-state index >= 15 is 0 Å². The first-order valence-electron chi connectivity index (χ1n) is 5.83. The molecule has 0 aliphatic carbocycles. The van der Waals surface area contributed by atoms with E-state index < -0.39 is 9.28 Å². The van der Waals surface area contributed by atoms with Crippen LogP contribution in [0.2, 0.25) is 0 Å². The van der Waals surface area contributed by atoms with Gasteiger partial charge in [-0.25, -0.2) is 0 Å². The molecule has 0 spiro atoms. The Morgan fingerprint density at radius 1 is 1.27 bits per heavy atom. The Morgan fingerprint density at radius 3 is 2.33 bits per heavy atom. The molecule has 1 atom stereocenters. The van der Waals surface area contributed by atoms with E-state index in [9.17, 15) is 0 Å². The van der Waals surface area contributed by atoms with Crippen molar-refractivity contribution in [1.82, 2.24) is 10.2 Å². The summed E-state index contributed by atoms with van der Waals surface area (Å²) in [6.45, 7) is 6.66. The molecule has 1 heterocycles. The minimum absolute atomic E-state index is 0.534. The fourth-order valence-corrected chi connectivity index (χ4v) is 4.28. The third kappa shape index (κ3) is 3.84. The Labute approximate surface area is 94.8 Å². The highest BCUT2D eigenvalue weighted by molar-refractivity contribution is 6.46. The molecule has 0 radical (unpaired) electrons. The van der Waals surface area contributed by atoms with Crippen molar-refractivity contribution in [3.63, 3.8) is 0 Å². The zero-order valence-electron chi connectivity index (χ0n) is 10.2. The summed E-state index contributed by atoms with van der Waals surface area (Å²) in [4.78, 5) is 2.53. The molecule has 0 aromatic rings. The SMILES string of the molecule is CCCC(N1CCNCC1)[SiH](OC)OC. The standard InChI is InChI=1S/C10H24N2O2Si/c1-4-5-10(15(13-2)14-3)12-8-6-11-7-9-12/h10-11,15H,4-9H2,1-3H3. The maximum Gasteiger partial charge on any atom is 0.338 e. The van der Waals surface area contributed by atoms with Crippen molar-refractivity contribution >= 4 is 9.28 Å². The third-order valence-corrected chi connectivity index (χ3v) is 5.30. The van der Waals surface area contributed by atoms with Gasteiger partial charge in [-0.15, -0.1) is 0 Å². The highest BCUT2D eigenvalue weighted by Gasteiger charge is 2.30. The minimum atomic E-state index is -1.50. The van der Waals surface area contributed by atoms with Gasteiger partial charge >= 0.3 is 9.28 Å². The van der Waals surface area contributed by atoms with Gasteiger partial charge in [0.2, 0.25) is 0 Å². The Hall–Kier alpha value is 0.0569. The monoisotopic (exact) mass is 232 g/mol. The molecule has 0 aromatic carbocycles. The second kappa shape index (κ2) is 7.35. The molecule has 15 heavy (non-hydrogen) atoms. The fourth-order valence-electron chi connectivity index (χ4n) is 2.21. The van der Waals surface area contributed by atoms with Crippen LogP contribution in [0.3, 0.4) is 0 Å². The molecule has 0 saturated carbocycles. The van der Waals surface area contributed by atoms with E-state index in [-0.39, 0.29) is 0 Å². The van der Waals surface area contributed by atoms with Gasteiger partial charge in [-0.05, 0) is 6.42 Å². The van der Waals surface area contributed by atoms with Crippen molar-refractivity contribution < 1.29 is 8.85 Å². The van der Waals surface area contributed by atoms with Gasteiger partial charge in [-0.1, -0.05) is 13.3 Å². The van der Waals surface area contributed by atoms with Crippen LogP contribution in [-0.2, 0) is 8.85 Å². The molecule has 0 bridgehead atoms. The largest absolute Gasteiger partial charge is 0.399 e. The van der Waals surface area contributed by atoms with Crippen LogP contribution in [0.25, 0.3) is 0 Å². The molecule has 1 fully saturated rings. The highest BCUT2D eigenvalue weighted by Crippen LogP contribution is 2.12. The van der Waals surface area contributed by atoms with Crippen molar-refractivity contribution in [3.8, 4) is 0 Å². The van der Waals surface area contributed by atoms with Crippen LogP contribution >= 0.6 is 0 Å². The molecular formula is C10H24N2O2Si. The first kappa shape index (κ1) is 13.1. The molecule has 0 amide bonds. The van der Waals surface area contributed by atoms with Crippen molar-refractivity contribution in [2.24, 2.45) is 0 Å². The first-order valence-corrected chi connectivity index (χ1v) is 7.44. The number of nitrogens with one attached hydrogen (secondary N) is 1. The Morgan fingerprint density at radius 2 is 1.87 bits per heavy atom. The average Bonchev–Trinajstić information content (AvgIpc) is 2.30. The summed E-state index contributed by atoms with van der Waals surface area (Å²) in [5.74, 6) is 0. The van der Waals surface area contributed by atoms with E-state index in [0.717, 1.165) is 26.2 Å². The number of hydrogen-bond donors (Lipinski definition) is 1. The van der Waals surface area contributed by atoms with E-state index in [4.69, 9.17) is 8.85 Å². The molecule has 1 unspecified atom stereocenters. The predicted molar refractivity (Wildman–Crippen MR) is 64.3 cm³/mol. The number of rotatable bonds is 6. The fraction of sp³-hybridized carbons (Fsp3) is 1.00.